The van der Waals surface area contributed by atoms with Gasteiger partial charge in [0.25, 0.3) is 5.91 Å². The zero-order valence-corrected chi connectivity index (χ0v) is 13.8. The highest BCUT2D eigenvalue weighted by Crippen LogP contribution is 2.07. The maximum absolute atomic E-state index is 11.6. The Labute approximate surface area is 136 Å². The lowest BCUT2D eigenvalue weighted by molar-refractivity contribution is -0.149. The number of nitrogens with one attached hydrogen (secondary N) is 1. The van der Waals surface area contributed by atoms with E-state index in [2.05, 4.69) is 11.4 Å². The van der Waals surface area contributed by atoms with Gasteiger partial charge in [0.2, 0.25) is 0 Å². The Morgan fingerprint density at radius 2 is 1.65 bits per heavy atom. The molecule has 1 amide bonds. The predicted octanol–water partition coefficient (Wildman–Crippen LogP) is -0.562. The number of carbonyl (C=O) groups excluding carboxylic acids is 2. The van der Waals surface area contributed by atoms with E-state index in [9.17, 15) is 24.9 Å². The fourth-order valence-electron chi connectivity index (χ4n) is 1.75. The van der Waals surface area contributed by atoms with Crippen LogP contribution < -0.4 is 5.32 Å². The quantitative estimate of drug-likeness (QED) is 0.270. The number of aliphatic hydroxyl groups is 4. The van der Waals surface area contributed by atoms with Crippen molar-refractivity contribution in [2.75, 3.05) is 6.54 Å². The Morgan fingerprint density at radius 3 is 2.17 bits per heavy atom. The molecule has 0 rings (SSSR count). The van der Waals surface area contributed by atoms with Crippen LogP contribution >= 0.6 is 0 Å². The molecule has 0 aromatic heterocycles. The topological polar surface area (TPSA) is 127 Å². The van der Waals surface area contributed by atoms with Gasteiger partial charge in [0, 0.05) is 6.54 Å². The van der Waals surface area contributed by atoms with Crippen molar-refractivity contribution in [1.29, 1.82) is 0 Å². The summed E-state index contributed by atoms with van der Waals surface area (Å²) >= 11 is 0. The number of allylic oxidation sites excluding steroid dienone is 3. The number of amides is 1. The molecule has 0 aromatic carbocycles. The molecule has 4 atom stereocenters. The van der Waals surface area contributed by atoms with E-state index in [0.717, 1.165) is 18.4 Å². The van der Waals surface area contributed by atoms with Crippen molar-refractivity contribution >= 4 is 12.2 Å². The third-order valence-electron chi connectivity index (χ3n) is 3.25. The zero-order valence-electron chi connectivity index (χ0n) is 13.8. The van der Waals surface area contributed by atoms with Gasteiger partial charge in [-0.1, -0.05) is 23.3 Å². The highest BCUT2D eigenvalue weighted by atomic mass is 16.4. The van der Waals surface area contributed by atoms with Crippen LogP contribution in [0.3, 0.4) is 0 Å². The molecule has 0 fully saturated rings. The van der Waals surface area contributed by atoms with Crippen LogP contribution in [-0.2, 0) is 9.59 Å². The summed E-state index contributed by atoms with van der Waals surface area (Å²) in [6.45, 7) is 6.11. The van der Waals surface area contributed by atoms with Gasteiger partial charge in [0.15, 0.2) is 12.4 Å². The fraction of sp³-hybridized carbons (Fsp3) is 0.625. The van der Waals surface area contributed by atoms with Gasteiger partial charge >= 0.3 is 0 Å². The SMILES string of the molecule is CC(C)=CCC/C(C)=C/CNC(=O)[C@@H](O)[C@@H](O)[C@H](O)[C@@H](O)C=O. The molecule has 7 heteroatoms. The number of hydrogen-bond acceptors (Lipinski definition) is 6. The van der Waals surface area contributed by atoms with E-state index in [1.807, 2.05) is 20.8 Å². The van der Waals surface area contributed by atoms with Gasteiger partial charge in [-0.2, -0.15) is 0 Å². The maximum Gasteiger partial charge on any atom is 0.251 e. The predicted molar refractivity (Wildman–Crippen MR) is 85.5 cm³/mol. The van der Waals surface area contributed by atoms with Gasteiger partial charge in [-0.25, -0.2) is 0 Å². The minimum atomic E-state index is -1.96. The second-order valence-corrected chi connectivity index (χ2v) is 5.67. The van der Waals surface area contributed by atoms with Gasteiger partial charge in [-0.3, -0.25) is 4.79 Å². The van der Waals surface area contributed by atoms with E-state index in [1.165, 1.54) is 5.57 Å². The van der Waals surface area contributed by atoms with Crippen LogP contribution in [0.15, 0.2) is 23.3 Å². The molecule has 0 saturated heterocycles. The smallest absolute Gasteiger partial charge is 0.251 e. The Balaban J connectivity index is 4.32. The van der Waals surface area contributed by atoms with Gasteiger partial charge in [0.05, 0.1) is 0 Å². The molecular weight excluding hydrogens is 302 g/mol. The van der Waals surface area contributed by atoms with E-state index < -0.39 is 30.3 Å². The number of carbonyl (C=O) groups is 2. The average Bonchev–Trinajstić information content (AvgIpc) is 2.51. The van der Waals surface area contributed by atoms with Crippen LogP contribution in [0.25, 0.3) is 0 Å². The Morgan fingerprint density at radius 1 is 1.04 bits per heavy atom. The zero-order chi connectivity index (χ0) is 18.0. The summed E-state index contributed by atoms with van der Waals surface area (Å²) in [6, 6.07) is 0. The molecule has 0 aliphatic carbocycles. The minimum Gasteiger partial charge on any atom is -0.387 e. The standard InChI is InChI=1S/C16H27NO6/c1-10(2)5-4-6-11(3)7-8-17-16(23)15(22)14(21)13(20)12(19)9-18/h5,7,9,12-15,19-22H,4,6,8H2,1-3H3,(H,17,23)/b11-7+/t12-,13+,14-,15-/m0/s1. The van der Waals surface area contributed by atoms with E-state index in [1.54, 1.807) is 6.08 Å². The largest absolute Gasteiger partial charge is 0.387 e. The number of aldehydes is 1. The second kappa shape index (κ2) is 11.1. The molecular formula is C16H27NO6. The molecule has 0 aliphatic rings. The summed E-state index contributed by atoms with van der Waals surface area (Å²) in [5, 5.41) is 39.9. The first-order valence-electron chi connectivity index (χ1n) is 7.45. The van der Waals surface area contributed by atoms with Gasteiger partial charge in [-0.15, -0.1) is 0 Å². The molecule has 0 heterocycles. The fourth-order valence-corrected chi connectivity index (χ4v) is 1.75. The highest BCUT2D eigenvalue weighted by molar-refractivity contribution is 5.81. The Bertz CT molecular complexity index is 442. The average molecular weight is 329 g/mol. The third-order valence-corrected chi connectivity index (χ3v) is 3.25. The summed E-state index contributed by atoms with van der Waals surface area (Å²) in [5.74, 6) is -0.900. The normalized spacial score (nSPS) is 16.9. The van der Waals surface area contributed by atoms with Crippen LogP contribution in [0.1, 0.15) is 33.6 Å². The molecule has 0 bridgehead atoms. The summed E-state index contributed by atoms with van der Waals surface area (Å²) in [4.78, 5) is 21.9. The second-order valence-electron chi connectivity index (χ2n) is 5.67. The molecule has 132 valence electrons. The van der Waals surface area contributed by atoms with Crippen molar-refractivity contribution in [2.45, 2.75) is 58.0 Å². The summed E-state index contributed by atoms with van der Waals surface area (Å²) in [5.41, 5.74) is 2.30. The maximum atomic E-state index is 11.6. The third kappa shape index (κ3) is 8.61. The molecule has 0 saturated carbocycles. The van der Waals surface area contributed by atoms with Gasteiger partial charge in [-0.05, 0) is 33.6 Å². The molecule has 5 N–H and O–H groups in total. The van der Waals surface area contributed by atoms with Crippen LogP contribution in [-0.4, -0.2) is 63.6 Å². The lowest BCUT2D eigenvalue weighted by Crippen LogP contribution is -2.51. The molecule has 0 unspecified atom stereocenters. The van der Waals surface area contributed by atoms with Gasteiger partial charge in [0.1, 0.15) is 18.3 Å². The summed E-state index contributed by atoms with van der Waals surface area (Å²) < 4.78 is 0. The molecule has 7 nitrogen and oxygen atoms in total. The van der Waals surface area contributed by atoms with Crippen LogP contribution in [0.4, 0.5) is 0 Å². The monoisotopic (exact) mass is 329 g/mol. The van der Waals surface area contributed by atoms with Gasteiger partial charge < -0.3 is 30.5 Å². The van der Waals surface area contributed by atoms with Crippen LogP contribution in [0.5, 0.6) is 0 Å². The van der Waals surface area contributed by atoms with E-state index in [0.29, 0.717) is 0 Å². The summed E-state index contributed by atoms with van der Waals surface area (Å²) in [6.07, 6.45) is -2.07. The molecule has 0 radical (unpaired) electrons. The van der Waals surface area contributed by atoms with Crippen molar-refractivity contribution in [3.05, 3.63) is 23.3 Å². The summed E-state index contributed by atoms with van der Waals surface area (Å²) in [7, 11) is 0. The molecule has 0 aromatic rings. The van der Waals surface area contributed by atoms with Crippen molar-refractivity contribution in [3.8, 4) is 0 Å². The van der Waals surface area contributed by atoms with Crippen molar-refractivity contribution in [3.63, 3.8) is 0 Å². The first-order chi connectivity index (χ1) is 10.7. The molecule has 0 aliphatic heterocycles. The first kappa shape index (κ1) is 21.5. The van der Waals surface area contributed by atoms with E-state index in [4.69, 9.17) is 5.11 Å². The molecule has 0 spiro atoms. The van der Waals surface area contributed by atoms with E-state index >= 15 is 0 Å². The number of rotatable bonds is 10. The number of aliphatic hydroxyl groups excluding tert-OH is 4. The number of hydrogen-bond donors (Lipinski definition) is 5. The van der Waals surface area contributed by atoms with Crippen LogP contribution in [0, 0.1) is 0 Å². The Kier molecular flexibility index (Phi) is 10.3. The van der Waals surface area contributed by atoms with Crippen molar-refractivity contribution in [2.24, 2.45) is 0 Å². The highest BCUT2D eigenvalue weighted by Gasteiger charge is 2.33. The Hall–Kier alpha value is -1.54. The lowest BCUT2D eigenvalue weighted by atomic mass is 10.0. The van der Waals surface area contributed by atoms with Crippen molar-refractivity contribution in [1.82, 2.24) is 5.32 Å². The van der Waals surface area contributed by atoms with Crippen molar-refractivity contribution < 1.29 is 30.0 Å². The molecule has 23 heavy (non-hydrogen) atoms. The first-order valence-corrected chi connectivity index (χ1v) is 7.45. The van der Waals surface area contributed by atoms with Crippen LogP contribution in [0.2, 0.25) is 0 Å². The lowest BCUT2D eigenvalue weighted by Gasteiger charge is -2.23. The van der Waals surface area contributed by atoms with E-state index in [-0.39, 0.29) is 12.8 Å². The minimum absolute atomic E-state index is 0.0110.